The Hall–Kier alpha value is -0.820. The van der Waals surface area contributed by atoms with E-state index in [1.807, 2.05) is 0 Å². The van der Waals surface area contributed by atoms with Gasteiger partial charge in [-0.15, -0.1) is 0 Å². The Kier molecular flexibility index (Phi) is 2.12. The minimum atomic E-state index is 0.530. The van der Waals surface area contributed by atoms with Crippen molar-refractivity contribution in [2.75, 3.05) is 6.54 Å². The predicted molar refractivity (Wildman–Crippen MR) is 56.0 cm³/mol. The summed E-state index contributed by atoms with van der Waals surface area (Å²) in [7, 11) is 0. The van der Waals surface area contributed by atoms with E-state index >= 15 is 0 Å². The summed E-state index contributed by atoms with van der Waals surface area (Å²) in [6.07, 6.45) is 1.19. The molecule has 0 unspecified atom stereocenters. The van der Waals surface area contributed by atoms with Gasteiger partial charge < -0.3 is 5.32 Å². The van der Waals surface area contributed by atoms with E-state index in [0.29, 0.717) is 6.04 Å². The maximum Gasteiger partial charge on any atom is 0.0294 e. The Bertz CT molecular complexity index is 328. The molecule has 0 aliphatic carbocycles. The van der Waals surface area contributed by atoms with E-state index in [1.54, 1.807) is 5.56 Å². The third-order valence-corrected chi connectivity index (χ3v) is 2.94. The second kappa shape index (κ2) is 3.15. The van der Waals surface area contributed by atoms with Crippen molar-refractivity contribution in [2.45, 2.75) is 33.2 Å². The second-order valence-corrected chi connectivity index (χ2v) is 4.08. The Balaban J connectivity index is 2.56. The van der Waals surface area contributed by atoms with Gasteiger partial charge in [-0.1, -0.05) is 17.7 Å². The normalized spacial score (nSPS) is 21.3. The maximum atomic E-state index is 3.49. The number of hydrogen-bond donors (Lipinski definition) is 1. The molecule has 1 aliphatic rings. The zero-order chi connectivity index (χ0) is 9.42. The number of rotatable bonds is 0. The molecule has 1 N–H and O–H groups in total. The minimum Gasteiger partial charge on any atom is -0.310 e. The first-order chi connectivity index (χ1) is 6.18. The van der Waals surface area contributed by atoms with E-state index in [2.05, 4.69) is 38.2 Å². The molecule has 1 aromatic rings. The number of aryl methyl sites for hydroxylation is 2. The number of benzene rings is 1. The topological polar surface area (TPSA) is 12.0 Å². The maximum absolute atomic E-state index is 3.49. The van der Waals surface area contributed by atoms with E-state index in [1.165, 1.54) is 23.1 Å². The molecule has 0 saturated carbocycles. The molecule has 1 heterocycles. The van der Waals surface area contributed by atoms with Crippen molar-refractivity contribution in [1.82, 2.24) is 5.32 Å². The van der Waals surface area contributed by atoms with Crippen LogP contribution in [-0.4, -0.2) is 6.54 Å². The van der Waals surface area contributed by atoms with Crippen LogP contribution in [0.1, 0.15) is 35.2 Å². The quantitative estimate of drug-likeness (QED) is 0.639. The predicted octanol–water partition coefficient (Wildman–Crippen LogP) is 2.51. The number of fused-ring (bicyclic) bond motifs is 1. The van der Waals surface area contributed by atoms with Crippen LogP contribution in [-0.2, 0) is 6.42 Å². The standard InChI is InChI=1S/C12H17N/c1-8-6-9(2)11-4-5-13-10(3)12(11)7-8/h6-7,10,13H,4-5H2,1-3H3/t10-/m1/s1. The summed E-state index contributed by atoms with van der Waals surface area (Å²) < 4.78 is 0. The molecule has 13 heavy (non-hydrogen) atoms. The van der Waals surface area contributed by atoms with Crippen molar-refractivity contribution in [3.8, 4) is 0 Å². The van der Waals surface area contributed by atoms with Gasteiger partial charge in [-0.05, 0) is 50.4 Å². The fraction of sp³-hybridized carbons (Fsp3) is 0.500. The molecular formula is C12H17N. The van der Waals surface area contributed by atoms with Gasteiger partial charge in [-0.3, -0.25) is 0 Å². The lowest BCUT2D eigenvalue weighted by molar-refractivity contribution is 0.539. The van der Waals surface area contributed by atoms with Crippen LogP contribution in [0, 0.1) is 13.8 Å². The first-order valence-corrected chi connectivity index (χ1v) is 5.02. The van der Waals surface area contributed by atoms with Gasteiger partial charge in [-0.25, -0.2) is 0 Å². The average molecular weight is 175 g/mol. The number of nitrogens with one attached hydrogen (secondary N) is 1. The van der Waals surface area contributed by atoms with Crippen LogP contribution in [0.25, 0.3) is 0 Å². The fourth-order valence-electron chi connectivity index (χ4n) is 2.28. The summed E-state index contributed by atoms with van der Waals surface area (Å²) in [5, 5.41) is 3.49. The first-order valence-electron chi connectivity index (χ1n) is 5.02. The van der Waals surface area contributed by atoms with E-state index in [0.717, 1.165) is 6.54 Å². The fourth-order valence-corrected chi connectivity index (χ4v) is 2.28. The Morgan fingerprint density at radius 1 is 1.31 bits per heavy atom. The van der Waals surface area contributed by atoms with E-state index in [9.17, 15) is 0 Å². The molecule has 0 saturated heterocycles. The van der Waals surface area contributed by atoms with E-state index < -0.39 is 0 Å². The van der Waals surface area contributed by atoms with Gasteiger partial charge in [0.2, 0.25) is 0 Å². The third-order valence-electron chi connectivity index (χ3n) is 2.94. The highest BCUT2D eigenvalue weighted by atomic mass is 14.9. The molecule has 0 spiro atoms. The molecule has 1 nitrogen and oxygen atoms in total. The van der Waals surface area contributed by atoms with Gasteiger partial charge in [0.25, 0.3) is 0 Å². The molecule has 1 aliphatic heterocycles. The zero-order valence-electron chi connectivity index (χ0n) is 8.65. The Labute approximate surface area is 80.2 Å². The van der Waals surface area contributed by atoms with Crippen molar-refractivity contribution in [1.29, 1.82) is 0 Å². The molecule has 0 amide bonds. The average Bonchev–Trinajstić information content (AvgIpc) is 2.07. The van der Waals surface area contributed by atoms with Crippen molar-refractivity contribution >= 4 is 0 Å². The Morgan fingerprint density at radius 2 is 2.08 bits per heavy atom. The van der Waals surface area contributed by atoms with Crippen molar-refractivity contribution in [2.24, 2.45) is 0 Å². The number of hydrogen-bond acceptors (Lipinski definition) is 1. The van der Waals surface area contributed by atoms with Crippen molar-refractivity contribution in [3.63, 3.8) is 0 Å². The summed E-state index contributed by atoms with van der Waals surface area (Å²) >= 11 is 0. The van der Waals surface area contributed by atoms with Gasteiger partial charge >= 0.3 is 0 Å². The van der Waals surface area contributed by atoms with Crippen LogP contribution < -0.4 is 5.32 Å². The van der Waals surface area contributed by atoms with E-state index in [-0.39, 0.29) is 0 Å². The summed E-state index contributed by atoms with van der Waals surface area (Å²) in [4.78, 5) is 0. The van der Waals surface area contributed by atoms with Gasteiger partial charge in [-0.2, -0.15) is 0 Å². The van der Waals surface area contributed by atoms with Crippen LogP contribution in [0.2, 0.25) is 0 Å². The first kappa shape index (κ1) is 8.76. The zero-order valence-corrected chi connectivity index (χ0v) is 8.65. The van der Waals surface area contributed by atoms with Crippen LogP contribution >= 0.6 is 0 Å². The lowest BCUT2D eigenvalue weighted by atomic mass is 9.90. The lowest BCUT2D eigenvalue weighted by Crippen LogP contribution is -2.28. The van der Waals surface area contributed by atoms with Gasteiger partial charge in [0.05, 0.1) is 0 Å². The lowest BCUT2D eigenvalue weighted by Gasteiger charge is -2.26. The molecule has 0 fully saturated rings. The van der Waals surface area contributed by atoms with Crippen LogP contribution in [0.15, 0.2) is 12.1 Å². The second-order valence-electron chi connectivity index (χ2n) is 4.08. The highest BCUT2D eigenvalue weighted by molar-refractivity contribution is 5.41. The van der Waals surface area contributed by atoms with Crippen LogP contribution in [0.5, 0.6) is 0 Å². The molecule has 0 aromatic heterocycles. The molecule has 70 valence electrons. The van der Waals surface area contributed by atoms with Gasteiger partial charge in [0.15, 0.2) is 0 Å². The summed E-state index contributed by atoms with van der Waals surface area (Å²) in [6, 6.07) is 5.14. The molecule has 1 aromatic carbocycles. The molecule has 1 heteroatoms. The molecular weight excluding hydrogens is 158 g/mol. The monoisotopic (exact) mass is 175 g/mol. The van der Waals surface area contributed by atoms with E-state index in [4.69, 9.17) is 0 Å². The van der Waals surface area contributed by atoms with Crippen molar-refractivity contribution < 1.29 is 0 Å². The summed E-state index contributed by atoms with van der Waals surface area (Å²) in [6.45, 7) is 7.77. The molecule has 2 rings (SSSR count). The molecule has 1 atom stereocenters. The summed E-state index contributed by atoms with van der Waals surface area (Å²) in [5.74, 6) is 0. The minimum absolute atomic E-state index is 0.530. The SMILES string of the molecule is Cc1cc(C)c2c(c1)[C@@H](C)NCC2. The largest absolute Gasteiger partial charge is 0.310 e. The molecule has 0 radical (unpaired) electrons. The molecule has 0 bridgehead atoms. The third kappa shape index (κ3) is 1.49. The Morgan fingerprint density at radius 3 is 2.85 bits per heavy atom. The highest BCUT2D eigenvalue weighted by Crippen LogP contribution is 2.26. The van der Waals surface area contributed by atoms with Crippen LogP contribution in [0.3, 0.4) is 0 Å². The smallest absolute Gasteiger partial charge is 0.0294 e. The van der Waals surface area contributed by atoms with Gasteiger partial charge in [0, 0.05) is 6.04 Å². The van der Waals surface area contributed by atoms with Crippen molar-refractivity contribution in [3.05, 3.63) is 34.4 Å². The van der Waals surface area contributed by atoms with Gasteiger partial charge in [0.1, 0.15) is 0 Å². The summed E-state index contributed by atoms with van der Waals surface area (Å²) in [5.41, 5.74) is 5.91. The highest BCUT2D eigenvalue weighted by Gasteiger charge is 2.16. The van der Waals surface area contributed by atoms with Crippen LogP contribution in [0.4, 0.5) is 0 Å².